The summed E-state index contributed by atoms with van der Waals surface area (Å²) in [5.74, 6) is 1.37. The van der Waals surface area contributed by atoms with Crippen LogP contribution in [0.1, 0.15) is 35.6 Å². The van der Waals surface area contributed by atoms with Crippen LogP contribution in [0.2, 0.25) is 5.02 Å². The average Bonchev–Trinajstić information content (AvgIpc) is 2.69. The molecule has 1 aromatic carbocycles. The molecule has 0 saturated heterocycles. The van der Waals surface area contributed by atoms with Crippen LogP contribution in [0.3, 0.4) is 0 Å². The Morgan fingerprint density at radius 2 is 2.00 bits per heavy atom. The molecule has 1 aromatic heterocycles. The fourth-order valence-corrected chi connectivity index (χ4v) is 2.49. The summed E-state index contributed by atoms with van der Waals surface area (Å²) in [5, 5.41) is 3.87. The zero-order valence-electron chi connectivity index (χ0n) is 11.3. The van der Waals surface area contributed by atoms with Gasteiger partial charge >= 0.3 is 0 Å². The van der Waals surface area contributed by atoms with Gasteiger partial charge in [0.15, 0.2) is 0 Å². The second-order valence-corrected chi connectivity index (χ2v) is 4.93. The van der Waals surface area contributed by atoms with Crippen molar-refractivity contribution in [2.24, 2.45) is 0 Å². The summed E-state index contributed by atoms with van der Waals surface area (Å²) >= 11 is 6.20. The monoisotopic (exact) mass is 281 g/mol. The zero-order valence-corrected chi connectivity index (χ0v) is 12.0. The molecule has 1 heterocycles. The number of nitrogens with one attached hydrogen (secondary N) is 1. The Bertz CT molecular complexity index is 580. The van der Waals surface area contributed by atoms with Crippen molar-refractivity contribution in [1.29, 1.82) is 0 Å². The fourth-order valence-electron chi connectivity index (χ4n) is 2.26. The van der Waals surface area contributed by atoms with Crippen LogP contribution in [-0.2, 0) is 0 Å². The molecule has 1 atom stereocenters. The van der Waals surface area contributed by atoms with Crippen molar-refractivity contribution in [3.63, 3.8) is 0 Å². The number of hydrogen-bond acceptors (Lipinski definition) is 2. The molecule has 1 N–H and O–H groups in total. The first-order valence-electron chi connectivity index (χ1n) is 6.28. The van der Waals surface area contributed by atoms with E-state index in [4.69, 9.17) is 16.0 Å². The summed E-state index contributed by atoms with van der Waals surface area (Å²) in [4.78, 5) is 0. The van der Waals surface area contributed by atoms with Crippen LogP contribution in [-0.4, -0.2) is 6.54 Å². The largest absolute Gasteiger partial charge is 0.466 e. The van der Waals surface area contributed by atoms with Gasteiger partial charge in [-0.15, -0.1) is 0 Å². The Balaban J connectivity index is 2.51. The van der Waals surface area contributed by atoms with E-state index < -0.39 is 0 Å². The molecule has 0 aliphatic carbocycles. The van der Waals surface area contributed by atoms with E-state index in [0.717, 1.165) is 29.2 Å². The summed E-state index contributed by atoms with van der Waals surface area (Å²) in [6, 6.07) is 6.22. The highest BCUT2D eigenvalue weighted by Crippen LogP contribution is 2.32. The lowest BCUT2D eigenvalue weighted by molar-refractivity contribution is 0.494. The quantitative estimate of drug-likeness (QED) is 0.899. The third kappa shape index (κ3) is 2.99. The molecule has 19 heavy (non-hydrogen) atoms. The van der Waals surface area contributed by atoms with Gasteiger partial charge in [-0.3, -0.25) is 0 Å². The molecule has 1 unspecified atom stereocenters. The molecule has 0 bridgehead atoms. The highest BCUT2D eigenvalue weighted by Gasteiger charge is 2.21. The maximum Gasteiger partial charge on any atom is 0.123 e. The maximum atomic E-state index is 13.5. The van der Waals surface area contributed by atoms with Gasteiger partial charge in [0.25, 0.3) is 0 Å². The van der Waals surface area contributed by atoms with Crippen molar-refractivity contribution in [1.82, 2.24) is 5.32 Å². The van der Waals surface area contributed by atoms with E-state index in [9.17, 15) is 4.39 Å². The predicted molar refractivity (Wildman–Crippen MR) is 75.1 cm³/mol. The lowest BCUT2D eigenvalue weighted by Crippen LogP contribution is -2.22. The van der Waals surface area contributed by atoms with Crippen LogP contribution >= 0.6 is 11.6 Å². The van der Waals surface area contributed by atoms with Crippen LogP contribution in [0.5, 0.6) is 0 Å². The van der Waals surface area contributed by atoms with Gasteiger partial charge in [-0.05, 0) is 50.2 Å². The van der Waals surface area contributed by atoms with Gasteiger partial charge in [0.1, 0.15) is 17.3 Å². The minimum absolute atomic E-state index is 0.161. The average molecular weight is 282 g/mol. The van der Waals surface area contributed by atoms with E-state index in [-0.39, 0.29) is 11.9 Å². The molecule has 4 heteroatoms. The third-order valence-corrected chi connectivity index (χ3v) is 3.41. The summed E-state index contributed by atoms with van der Waals surface area (Å²) in [6.07, 6.45) is 0. The van der Waals surface area contributed by atoms with Crippen LogP contribution in [0, 0.1) is 19.7 Å². The van der Waals surface area contributed by atoms with E-state index in [1.165, 1.54) is 12.1 Å². The summed E-state index contributed by atoms with van der Waals surface area (Å²) in [7, 11) is 0. The summed E-state index contributed by atoms with van der Waals surface area (Å²) in [5.41, 5.74) is 1.72. The number of aryl methyl sites for hydroxylation is 2. The first-order chi connectivity index (χ1) is 9.02. The Hall–Kier alpha value is -1.32. The molecule has 0 amide bonds. The van der Waals surface area contributed by atoms with Gasteiger partial charge in [0, 0.05) is 10.6 Å². The van der Waals surface area contributed by atoms with Crippen molar-refractivity contribution in [2.45, 2.75) is 26.8 Å². The van der Waals surface area contributed by atoms with Gasteiger partial charge in [-0.1, -0.05) is 18.5 Å². The fraction of sp³-hybridized carbons (Fsp3) is 0.333. The van der Waals surface area contributed by atoms with Crippen molar-refractivity contribution in [3.05, 3.63) is 57.8 Å². The molecule has 0 aliphatic rings. The predicted octanol–water partition coefficient (Wildman–Crippen LogP) is 4.39. The van der Waals surface area contributed by atoms with Crippen molar-refractivity contribution < 1.29 is 8.81 Å². The minimum Gasteiger partial charge on any atom is -0.466 e. The second kappa shape index (κ2) is 5.76. The number of rotatable bonds is 4. The van der Waals surface area contributed by atoms with Crippen molar-refractivity contribution in [3.8, 4) is 0 Å². The molecular formula is C15H17ClFNO. The normalized spacial score (nSPS) is 12.7. The Kier molecular flexibility index (Phi) is 4.27. The Morgan fingerprint density at radius 3 is 2.58 bits per heavy atom. The third-order valence-electron chi connectivity index (χ3n) is 3.07. The molecule has 0 radical (unpaired) electrons. The molecule has 2 nitrogen and oxygen atoms in total. The molecule has 0 aliphatic heterocycles. The molecule has 0 spiro atoms. The lowest BCUT2D eigenvalue weighted by Gasteiger charge is -2.19. The number of benzene rings is 1. The standard InChI is InChI=1S/C15H17ClFNO/c1-4-18-15(12-7-9(2)19-10(12)3)13-8-11(17)5-6-14(13)16/h5-8,15,18H,4H2,1-3H3. The van der Waals surface area contributed by atoms with E-state index in [1.54, 1.807) is 6.07 Å². The van der Waals surface area contributed by atoms with E-state index in [1.807, 2.05) is 26.8 Å². The Morgan fingerprint density at radius 1 is 1.26 bits per heavy atom. The lowest BCUT2D eigenvalue weighted by atomic mass is 9.98. The van der Waals surface area contributed by atoms with Gasteiger partial charge in [0.05, 0.1) is 6.04 Å². The molecule has 2 aromatic rings. The first kappa shape index (κ1) is 14.1. The van der Waals surface area contributed by atoms with Crippen molar-refractivity contribution >= 4 is 11.6 Å². The van der Waals surface area contributed by atoms with E-state index in [0.29, 0.717) is 5.02 Å². The van der Waals surface area contributed by atoms with Crippen LogP contribution < -0.4 is 5.32 Å². The number of hydrogen-bond donors (Lipinski definition) is 1. The van der Waals surface area contributed by atoms with Crippen molar-refractivity contribution in [2.75, 3.05) is 6.54 Å². The highest BCUT2D eigenvalue weighted by atomic mass is 35.5. The number of furan rings is 1. The van der Waals surface area contributed by atoms with Crippen LogP contribution in [0.4, 0.5) is 4.39 Å². The minimum atomic E-state index is -0.292. The van der Waals surface area contributed by atoms with Gasteiger partial charge in [0.2, 0.25) is 0 Å². The zero-order chi connectivity index (χ0) is 14.0. The SMILES string of the molecule is CCNC(c1cc(F)ccc1Cl)c1cc(C)oc1C. The first-order valence-corrected chi connectivity index (χ1v) is 6.66. The number of halogens is 2. The highest BCUT2D eigenvalue weighted by molar-refractivity contribution is 6.31. The van der Waals surface area contributed by atoms with Crippen LogP contribution in [0.15, 0.2) is 28.7 Å². The molecule has 0 fully saturated rings. The van der Waals surface area contributed by atoms with E-state index in [2.05, 4.69) is 5.32 Å². The van der Waals surface area contributed by atoms with Gasteiger partial charge in [-0.25, -0.2) is 4.39 Å². The topological polar surface area (TPSA) is 25.2 Å². The smallest absolute Gasteiger partial charge is 0.123 e. The van der Waals surface area contributed by atoms with Gasteiger partial charge in [-0.2, -0.15) is 0 Å². The Labute approximate surface area is 117 Å². The maximum absolute atomic E-state index is 13.5. The summed E-state index contributed by atoms with van der Waals surface area (Å²) in [6.45, 7) is 6.55. The molecular weight excluding hydrogens is 265 g/mol. The van der Waals surface area contributed by atoms with Crippen LogP contribution in [0.25, 0.3) is 0 Å². The molecule has 102 valence electrons. The molecule has 2 rings (SSSR count). The second-order valence-electron chi connectivity index (χ2n) is 4.53. The molecule has 0 saturated carbocycles. The van der Waals surface area contributed by atoms with Gasteiger partial charge < -0.3 is 9.73 Å². The summed E-state index contributed by atoms with van der Waals surface area (Å²) < 4.78 is 19.0. The van der Waals surface area contributed by atoms with E-state index >= 15 is 0 Å².